The molecule has 0 aliphatic carbocycles. The Balaban J connectivity index is 1.90. The summed E-state index contributed by atoms with van der Waals surface area (Å²) in [6.45, 7) is 2.51. The van der Waals surface area contributed by atoms with Gasteiger partial charge in [0.2, 0.25) is 0 Å². The van der Waals surface area contributed by atoms with E-state index in [0.717, 1.165) is 26.1 Å². The molecule has 2 nitrogen and oxygen atoms in total. The number of hydrogen-bond donors (Lipinski definition) is 0. The first-order valence-electron chi connectivity index (χ1n) is 4.74. The van der Waals surface area contributed by atoms with Gasteiger partial charge in [-0.1, -0.05) is 30.3 Å². The minimum absolute atomic E-state index is 0.302. The van der Waals surface area contributed by atoms with Gasteiger partial charge in [-0.3, -0.25) is 0 Å². The fourth-order valence-electron chi connectivity index (χ4n) is 1.57. The summed E-state index contributed by atoms with van der Waals surface area (Å²) in [5.41, 5.74) is 1.34. The van der Waals surface area contributed by atoms with E-state index < -0.39 is 0 Å². The monoisotopic (exact) mass is 176 g/mol. The normalized spacial score (nSPS) is 22.9. The van der Waals surface area contributed by atoms with Crippen molar-refractivity contribution in [1.82, 2.24) is 5.32 Å². The van der Waals surface area contributed by atoms with Crippen LogP contribution in [0.1, 0.15) is 5.56 Å². The van der Waals surface area contributed by atoms with Gasteiger partial charge >= 0.3 is 0 Å². The summed E-state index contributed by atoms with van der Waals surface area (Å²) in [5.74, 6) is 0. The lowest BCUT2D eigenvalue weighted by Gasteiger charge is -2.22. The topological polar surface area (TPSA) is 23.3 Å². The number of ether oxygens (including phenoxy) is 1. The molecule has 1 aliphatic rings. The van der Waals surface area contributed by atoms with Crippen LogP contribution >= 0.6 is 0 Å². The Morgan fingerprint density at radius 2 is 2.15 bits per heavy atom. The van der Waals surface area contributed by atoms with Crippen molar-refractivity contribution in [3.05, 3.63) is 35.9 Å². The van der Waals surface area contributed by atoms with Gasteiger partial charge in [0, 0.05) is 13.1 Å². The van der Waals surface area contributed by atoms with Gasteiger partial charge in [0.05, 0.1) is 12.7 Å². The van der Waals surface area contributed by atoms with Gasteiger partial charge in [-0.05, 0) is 12.0 Å². The smallest absolute Gasteiger partial charge is 0.0757 e. The van der Waals surface area contributed by atoms with Crippen molar-refractivity contribution in [3.8, 4) is 0 Å². The highest BCUT2D eigenvalue weighted by atomic mass is 16.5. The van der Waals surface area contributed by atoms with Crippen molar-refractivity contribution in [2.24, 2.45) is 0 Å². The first kappa shape index (κ1) is 8.73. The van der Waals surface area contributed by atoms with Crippen LogP contribution < -0.4 is 5.32 Å². The van der Waals surface area contributed by atoms with Gasteiger partial charge in [0.25, 0.3) is 0 Å². The molecule has 2 rings (SSSR count). The van der Waals surface area contributed by atoms with Crippen LogP contribution in [-0.2, 0) is 11.2 Å². The summed E-state index contributed by atoms with van der Waals surface area (Å²) in [5, 5.41) is 4.33. The highest BCUT2D eigenvalue weighted by Gasteiger charge is 2.13. The third-order valence-electron chi connectivity index (χ3n) is 2.24. The molecule has 1 atom stereocenters. The Morgan fingerprint density at radius 1 is 1.31 bits per heavy atom. The average Bonchev–Trinajstić information content (AvgIpc) is 2.21. The quantitative estimate of drug-likeness (QED) is 0.664. The molecular formula is C11H14NO. The molecule has 0 bridgehead atoms. The maximum Gasteiger partial charge on any atom is 0.0757 e. The second-order valence-corrected chi connectivity index (χ2v) is 3.31. The van der Waals surface area contributed by atoms with Gasteiger partial charge in [-0.15, -0.1) is 0 Å². The number of morpholine rings is 1. The lowest BCUT2D eigenvalue weighted by Crippen LogP contribution is -2.35. The van der Waals surface area contributed by atoms with E-state index in [-0.39, 0.29) is 0 Å². The minimum Gasteiger partial charge on any atom is -0.375 e. The van der Waals surface area contributed by atoms with Crippen LogP contribution in [0.4, 0.5) is 0 Å². The first-order valence-corrected chi connectivity index (χ1v) is 4.74. The summed E-state index contributed by atoms with van der Waals surface area (Å²) in [6, 6.07) is 10.4. The SMILES string of the molecule is c1ccc(CC2C[N]CCO2)cc1. The molecule has 1 aromatic rings. The van der Waals surface area contributed by atoms with Crippen molar-refractivity contribution in [3.63, 3.8) is 0 Å². The van der Waals surface area contributed by atoms with E-state index in [1.165, 1.54) is 5.56 Å². The zero-order valence-corrected chi connectivity index (χ0v) is 7.65. The standard InChI is InChI=1S/C11H14NO/c1-2-4-10(5-3-1)8-11-9-12-6-7-13-11/h1-5,11H,6-9H2. The summed E-state index contributed by atoms with van der Waals surface area (Å²) in [7, 11) is 0. The zero-order valence-electron chi connectivity index (χ0n) is 7.65. The molecule has 0 aromatic heterocycles. The van der Waals surface area contributed by atoms with Crippen molar-refractivity contribution in [2.45, 2.75) is 12.5 Å². The molecule has 2 heteroatoms. The molecule has 0 N–H and O–H groups in total. The molecule has 69 valence electrons. The summed E-state index contributed by atoms with van der Waals surface area (Å²) in [4.78, 5) is 0. The lowest BCUT2D eigenvalue weighted by atomic mass is 10.1. The zero-order chi connectivity index (χ0) is 8.93. The van der Waals surface area contributed by atoms with E-state index in [9.17, 15) is 0 Å². The van der Waals surface area contributed by atoms with E-state index in [2.05, 4.69) is 29.6 Å². The Bertz CT molecular complexity index is 242. The number of benzene rings is 1. The Kier molecular flexibility index (Phi) is 2.95. The van der Waals surface area contributed by atoms with E-state index >= 15 is 0 Å². The third-order valence-corrected chi connectivity index (χ3v) is 2.24. The molecule has 1 radical (unpaired) electrons. The fourth-order valence-corrected chi connectivity index (χ4v) is 1.57. The van der Waals surface area contributed by atoms with Gasteiger partial charge in [0.1, 0.15) is 0 Å². The van der Waals surface area contributed by atoms with E-state index in [4.69, 9.17) is 4.74 Å². The maximum absolute atomic E-state index is 5.59. The van der Waals surface area contributed by atoms with Gasteiger partial charge in [-0.25, -0.2) is 5.32 Å². The van der Waals surface area contributed by atoms with Crippen LogP contribution in [0.5, 0.6) is 0 Å². The van der Waals surface area contributed by atoms with Crippen molar-refractivity contribution in [2.75, 3.05) is 19.7 Å². The van der Waals surface area contributed by atoms with Crippen LogP contribution in [0.15, 0.2) is 30.3 Å². The number of hydrogen-bond acceptors (Lipinski definition) is 1. The van der Waals surface area contributed by atoms with Crippen molar-refractivity contribution < 1.29 is 4.74 Å². The second kappa shape index (κ2) is 4.40. The van der Waals surface area contributed by atoms with Gasteiger partial charge in [-0.2, -0.15) is 0 Å². The van der Waals surface area contributed by atoms with Crippen LogP contribution in [-0.4, -0.2) is 25.8 Å². The minimum atomic E-state index is 0.302. The Morgan fingerprint density at radius 3 is 2.85 bits per heavy atom. The van der Waals surface area contributed by atoms with Crippen LogP contribution in [0.2, 0.25) is 0 Å². The largest absolute Gasteiger partial charge is 0.375 e. The maximum atomic E-state index is 5.59. The molecule has 0 saturated carbocycles. The molecule has 0 amide bonds. The van der Waals surface area contributed by atoms with Gasteiger partial charge < -0.3 is 4.74 Å². The highest BCUT2D eigenvalue weighted by molar-refractivity contribution is 5.15. The Labute approximate surface area is 78.9 Å². The molecule has 1 aromatic carbocycles. The predicted molar refractivity (Wildman–Crippen MR) is 51.8 cm³/mol. The fraction of sp³-hybridized carbons (Fsp3) is 0.455. The third kappa shape index (κ3) is 2.54. The molecular weight excluding hydrogens is 162 g/mol. The molecule has 1 fully saturated rings. The summed E-state index contributed by atoms with van der Waals surface area (Å²) >= 11 is 0. The predicted octanol–water partition coefficient (Wildman–Crippen LogP) is 1.23. The second-order valence-electron chi connectivity index (χ2n) is 3.31. The summed E-state index contributed by atoms with van der Waals surface area (Å²) in [6.07, 6.45) is 1.29. The molecule has 0 spiro atoms. The van der Waals surface area contributed by atoms with E-state index in [1.54, 1.807) is 0 Å². The lowest BCUT2D eigenvalue weighted by molar-refractivity contribution is 0.0276. The summed E-state index contributed by atoms with van der Waals surface area (Å²) < 4.78 is 5.59. The van der Waals surface area contributed by atoms with Crippen LogP contribution in [0, 0.1) is 0 Å². The van der Waals surface area contributed by atoms with E-state index in [0.29, 0.717) is 6.10 Å². The van der Waals surface area contributed by atoms with Crippen molar-refractivity contribution in [1.29, 1.82) is 0 Å². The molecule has 1 saturated heterocycles. The number of rotatable bonds is 2. The van der Waals surface area contributed by atoms with Crippen LogP contribution in [0.3, 0.4) is 0 Å². The van der Waals surface area contributed by atoms with Crippen molar-refractivity contribution >= 4 is 0 Å². The Hall–Kier alpha value is -0.860. The first-order chi connectivity index (χ1) is 6.45. The molecule has 1 heterocycles. The molecule has 1 unspecified atom stereocenters. The van der Waals surface area contributed by atoms with Gasteiger partial charge in [0.15, 0.2) is 0 Å². The number of nitrogens with zero attached hydrogens (tertiary/aromatic N) is 1. The molecule has 1 aliphatic heterocycles. The highest BCUT2D eigenvalue weighted by Crippen LogP contribution is 2.07. The van der Waals surface area contributed by atoms with Crippen LogP contribution in [0.25, 0.3) is 0 Å². The van der Waals surface area contributed by atoms with E-state index in [1.807, 2.05) is 6.07 Å². The average molecular weight is 176 g/mol. The molecule has 13 heavy (non-hydrogen) atoms.